The van der Waals surface area contributed by atoms with Gasteiger partial charge in [0.2, 0.25) is 10.0 Å². The van der Waals surface area contributed by atoms with E-state index in [1.165, 1.54) is 0 Å². The molecule has 0 saturated carbocycles. The van der Waals surface area contributed by atoms with Crippen molar-refractivity contribution < 1.29 is 8.42 Å². The van der Waals surface area contributed by atoms with Gasteiger partial charge >= 0.3 is 0 Å². The van der Waals surface area contributed by atoms with Gasteiger partial charge in [0, 0.05) is 17.6 Å². The first-order valence-corrected chi connectivity index (χ1v) is 8.26. The van der Waals surface area contributed by atoms with Crippen molar-refractivity contribution in [3.8, 4) is 0 Å². The summed E-state index contributed by atoms with van der Waals surface area (Å²) >= 11 is 5.96. The lowest BCUT2D eigenvalue weighted by Gasteiger charge is -2.17. The molecule has 1 rings (SSSR count). The smallest absolute Gasteiger partial charge is 0.241 e. The molecule has 1 unspecified atom stereocenters. The van der Waals surface area contributed by atoms with Gasteiger partial charge in [-0.1, -0.05) is 37.4 Å². The lowest BCUT2D eigenvalue weighted by molar-refractivity contribution is 0.516. The fourth-order valence-corrected chi connectivity index (χ4v) is 3.62. The third-order valence-corrected chi connectivity index (χ3v) is 5.09. The Morgan fingerprint density at radius 3 is 2.68 bits per heavy atom. The minimum Gasteiger partial charge on any atom is -0.329 e. The zero-order chi connectivity index (χ0) is 14.5. The van der Waals surface area contributed by atoms with Crippen molar-refractivity contribution >= 4 is 21.6 Å². The van der Waals surface area contributed by atoms with Crippen LogP contribution in [0, 0.1) is 6.92 Å². The first-order valence-electron chi connectivity index (χ1n) is 6.40. The number of sulfonamides is 1. The van der Waals surface area contributed by atoms with E-state index >= 15 is 0 Å². The van der Waals surface area contributed by atoms with Crippen LogP contribution in [0.4, 0.5) is 0 Å². The van der Waals surface area contributed by atoms with Crippen molar-refractivity contribution in [1.82, 2.24) is 4.72 Å². The van der Waals surface area contributed by atoms with E-state index in [1.807, 2.05) is 0 Å². The number of unbranched alkanes of at least 4 members (excludes halogenated alkanes) is 1. The highest BCUT2D eigenvalue weighted by Crippen LogP contribution is 2.22. The highest BCUT2D eigenvalue weighted by atomic mass is 35.5. The first-order chi connectivity index (χ1) is 8.92. The minimum absolute atomic E-state index is 0.218. The Morgan fingerprint density at radius 1 is 1.42 bits per heavy atom. The molecule has 1 atom stereocenters. The molecule has 0 fully saturated rings. The molecule has 0 saturated heterocycles. The van der Waals surface area contributed by atoms with Crippen molar-refractivity contribution in [2.45, 2.75) is 44.0 Å². The highest BCUT2D eigenvalue weighted by molar-refractivity contribution is 7.89. The molecule has 0 amide bonds. The number of hydrogen-bond acceptors (Lipinski definition) is 3. The largest absolute Gasteiger partial charge is 0.329 e. The molecule has 3 N–H and O–H groups in total. The summed E-state index contributed by atoms with van der Waals surface area (Å²) in [5.41, 5.74) is 6.17. The second kappa shape index (κ2) is 7.24. The maximum absolute atomic E-state index is 12.3. The van der Waals surface area contributed by atoms with Crippen molar-refractivity contribution in [3.05, 3.63) is 28.8 Å². The van der Waals surface area contributed by atoms with Gasteiger partial charge in [0.05, 0.1) is 4.90 Å². The van der Waals surface area contributed by atoms with Gasteiger partial charge in [-0.25, -0.2) is 13.1 Å². The van der Waals surface area contributed by atoms with Gasteiger partial charge in [0.25, 0.3) is 0 Å². The van der Waals surface area contributed by atoms with Crippen LogP contribution in [-0.4, -0.2) is 21.0 Å². The zero-order valence-electron chi connectivity index (χ0n) is 11.3. The number of halogens is 1. The van der Waals surface area contributed by atoms with Crippen LogP contribution in [0.5, 0.6) is 0 Å². The number of hydrogen-bond donors (Lipinski definition) is 2. The SMILES string of the molecule is CCCCC(CN)NS(=O)(=O)c1cccc(Cl)c1C. The van der Waals surface area contributed by atoms with E-state index in [0.717, 1.165) is 19.3 Å². The molecule has 0 radical (unpaired) electrons. The van der Waals surface area contributed by atoms with E-state index in [0.29, 0.717) is 17.1 Å². The lowest BCUT2D eigenvalue weighted by atomic mass is 10.1. The zero-order valence-corrected chi connectivity index (χ0v) is 12.9. The van der Waals surface area contributed by atoms with Gasteiger partial charge in [-0.15, -0.1) is 0 Å². The van der Waals surface area contributed by atoms with Crippen molar-refractivity contribution in [2.24, 2.45) is 5.73 Å². The molecule has 6 heteroatoms. The molecule has 1 aromatic carbocycles. The summed E-state index contributed by atoms with van der Waals surface area (Å²) in [7, 11) is -3.57. The normalized spacial score (nSPS) is 13.5. The molecule has 0 bridgehead atoms. The van der Waals surface area contributed by atoms with Crippen LogP contribution in [0.2, 0.25) is 5.02 Å². The Bertz CT molecular complexity index is 517. The number of benzene rings is 1. The average molecular weight is 305 g/mol. The molecule has 0 aliphatic heterocycles. The second-order valence-electron chi connectivity index (χ2n) is 4.56. The molecule has 0 spiro atoms. The molecule has 1 aromatic rings. The standard InChI is InChI=1S/C13H21ClN2O2S/c1-3-4-6-11(9-15)16-19(17,18)13-8-5-7-12(14)10(13)2/h5,7-8,11,16H,3-4,6,9,15H2,1-2H3. The monoisotopic (exact) mass is 304 g/mol. The Kier molecular flexibility index (Phi) is 6.26. The van der Waals surface area contributed by atoms with E-state index < -0.39 is 10.0 Å². The summed E-state index contributed by atoms with van der Waals surface area (Å²) < 4.78 is 27.3. The van der Waals surface area contributed by atoms with Gasteiger partial charge in [-0.2, -0.15) is 0 Å². The van der Waals surface area contributed by atoms with E-state index in [9.17, 15) is 8.42 Å². The summed E-state index contributed by atoms with van der Waals surface area (Å²) in [5.74, 6) is 0. The number of nitrogens with two attached hydrogens (primary N) is 1. The second-order valence-corrected chi connectivity index (χ2v) is 6.65. The van der Waals surface area contributed by atoms with Crippen molar-refractivity contribution in [1.29, 1.82) is 0 Å². The molecular formula is C13H21ClN2O2S. The summed E-state index contributed by atoms with van der Waals surface area (Å²) in [5, 5.41) is 0.445. The van der Waals surface area contributed by atoms with Crippen LogP contribution in [0.15, 0.2) is 23.1 Å². The maximum Gasteiger partial charge on any atom is 0.241 e. The van der Waals surface area contributed by atoms with Crippen LogP contribution in [0.1, 0.15) is 31.7 Å². The number of rotatable bonds is 7. The summed E-state index contributed by atoms with van der Waals surface area (Å²) in [6.07, 6.45) is 2.69. The van der Waals surface area contributed by atoms with Gasteiger partial charge in [0.1, 0.15) is 0 Å². The van der Waals surface area contributed by atoms with E-state index in [-0.39, 0.29) is 10.9 Å². The molecule has 19 heavy (non-hydrogen) atoms. The molecule has 4 nitrogen and oxygen atoms in total. The van der Waals surface area contributed by atoms with Crippen LogP contribution in [0.3, 0.4) is 0 Å². The van der Waals surface area contributed by atoms with Gasteiger partial charge in [0.15, 0.2) is 0 Å². The number of nitrogens with one attached hydrogen (secondary N) is 1. The molecule has 0 aliphatic rings. The van der Waals surface area contributed by atoms with Gasteiger partial charge < -0.3 is 5.73 Å². The minimum atomic E-state index is -3.57. The molecule has 0 aromatic heterocycles. The lowest BCUT2D eigenvalue weighted by Crippen LogP contribution is -2.40. The van der Waals surface area contributed by atoms with E-state index in [1.54, 1.807) is 25.1 Å². The Hall–Kier alpha value is -0.620. The quantitative estimate of drug-likeness (QED) is 0.812. The Labute approximate surface area is 120 Å². The third-order valence-electron chi connectivity index (χ3n) is 3.02. The van der Waals surface area contributed by atoms with Crippen molar-refractivity contribution in [3.63, 3.8) is 0 Å². The molecule has 108 valence electrons. The fourth-order valence-electron chi connectivity index (χ4n) is 1.84. The highest BCUT2D eigenvalue weighted by Gasteiger charge is 2.21. The maximum atomic E-state index is 12.3. The summed E-state index contributed by atoms with van der Waals surface area (Å²) in [4.78, 5) is 0.218. The van der Waals surface area contributed by atoms with Gasteiger partial charge in [-0.05, 0) is 31.0 Å². The van der Waals surface area contributed by atoms with Crippen LogP contribution in [0.25, 0.3) is 0 Å². The van der Waals surface area contributed by atoms with Crippen LogP contribution < -0.4 is 10.5 Å². The van der Waals surface area contributed by atoms with Crippen molar-refractivity contribution in [2.75, 3.05) is 6.54 Å². The molecule has 0 heterocycles. The van der Waals surface area contributed by atoms with Crippen LogP contribution >= 0.6 is 11.6 Å². The summed E-state index contributed by atoms with van der Waals surface area (Å²) in [6, 6.07) is 4.63. The topological polar surface area (TPSA) is 72.2 Å². The van der Waals surface area contributed by atoms with Gasteiger partial charge in [-0.3, -0.25) is 0 Å². The first kappa shape index (κ1) is 16.4. The van der Waals surface area contributed by atoms with E-state index in [2.05, 4.69) is 11.6 Å². The Morgan fingerprint density at radius 2 is 2.11 bits per heavy atom. The fraction of sp³-hybridized carbons (Fsp3) is 0.538. The average Bonchev–Trinajstić information content (AvgIpc) is 2.37. The van der Waals surface area contributed by atoms with Crippen LogP contribution in [-0.2, 0) is 10.0 Å². The Balaban J connectivity index is 2.94. The molecular weight excluding hydrogens is 284 g/mol. The third kappa shape index (κ3) is 4.45. The summed E-state index contributed by atoms with van der Waals surface area (Å²) in [6.45, 7) is 4.04. The predicted octanol–water partition coefficient (Wildman–Crippen LogP) is 2.44. The predicted molar refractivity (Wildman–Crippen MR) is 78.9 cm³/mol. The molecule has 0 aliphatic carbocycles. The van der Waals surface area contributed by atoms with E-state index in [4.69, 9.17) is 17.3 Å².